The van der Waals surface area contributed by atoms with E-state index in [4.69, 9.17) is 16.3 Å². The first-order valence-corrected chi connectivity index (χ1v) is 9.49. The smallest absolute Gasteiger partial charge is 0.237 e. The topological polar surface area (TPSA) is 76.1 Å². The van der Waals surface area contributed by atoms with Crippen LogP contribution < -0.4 is 15.4 Å². The zero-order valence-electron chi connectivity index (χ0n) is 13.6. The number of ether oxygens (including phenoxy) is 1. The number of aromatic nitrogens is 2. The molecule has 1 amide bonds. The molecule has 1 aromatic heterocycles. The van der Waals surface area contributed by atoms with E-state index in [-0.39, 0.29) is 11.2 Å². The van der Waals surface area contributed by atoms with Crippen molar-refractivity contribution in [2.24, 2.45) is 0 Å². The quantitative estimate of drug-likeness (QED) is 0.664. The van der Waals surface area contributed by atoms with Gasteiger partial charge in [0.25, 0.3) is 0 Å². The molecule has 0 saturated heterocycles. The third-order valence-corrected chi connectivity index (χ3v) is 5.30. The molecule has 2 aromatic rings. The number of thioether (sulfide) groups is 1. The molecule has 0 spiro atoms. The van der Waals surface area contributed by atoms with E-state index in [1.807, 2.05) is 6.92 Å². The van der Waals surface area contributed by atoms with Crippen molar-refractivity contribution in [1.29, 1.82) is 0 Å². The minimum Gasteiger partial charge on any atom is -0.495 e. The van der Waals surface area contributed by atoms with E-state index in [0.29, 0.717) is 16.5 Å². The molecule has 9 heteroatoms. The van der Waals surface area contributed by atoms with Gasteiger partial charge in [-0.15, -0.1) is 10.2 Å². The number of nitrogens with zero attached hydrogens (tertiary/aromatic N) is 2. The summed E-state index contributed by atoms with van der Waals surface area (Å²) in [7, 11) is 1.54. The van der Waals surface area contributed by atoms with Gasteiger partial charge >= 0.3 is 0 Å². The largest absolute Gasteiger partial charge is 0.495 e. The van der Waals surface area contributed by atoms with Crippen LogP contribution in [-0.4, -0.2) is 35.0 Å². The first kappa shape index (κ1) is 18.8. The summed E-state index contributed by atoms with van der Waals surface area (Å²) in [5, 5.41) is 15.1. The van der Waals surface area contributed by atoms with Crippen molar-refractivity contribution in [2.75, 3.05) is 24.3 Å². The van der Waals surface area contributed by atoms with Gasteiger partial charge in [0.2, 0.25) is 11.0 Å². The summed E-state index contributed by atoms with van der Waals surface area (Å²) in [5.74, 6) is 0.408. The maximum atomic E-state index is 12.4. The van der Waals surface area contributed by atoms with Gasteiger partial charge in [0, 0.05) is 11.6 Å². The summed E-state index contributed by atoms with van der Waals surface area (Å²) < 4.78 is 5.98. The van der Waals surface area contributed by atoms with Gasteiger partial charge in [-0.3, -0.25) is 4.79 Å². The van der Waals surface area contributed by atoms with Gasteiger partial charge in [0.05, 0.1) is 18.0 Å². The van der Waals surface area contributed by atoms with Crippen LogP contribution in [0.25, 0.3) is 0 Å². The Labute approximate surface area is 154 Å². The van der Waals surface area contributed by atoms with Gasteiger partial charge in [-0.05, 0) is 31.5 Å². The second kappa shape index (κ2) is 9.10. The second-order valence-electron chi connectivity index (χ2n) is 4.89. The maximum absolute atomic E-state index is 12.4. The Balaban J connectivity index is 1.97. The van der Waals surface area contributed by atoms with Crippen molar-refractivity contribution >= 4 is 51.4 Å². The number of anilines is 2. The summed E-state index contributed by atoms with van der Waals surface area (Å²) >= 11 is 8.78. The first-order valence-electron chi connectivity index (χ1n) is 7.42. The minimum atomic E-state index is -0.333. The number of hydrogen-bond donors (Lipinski definition) is 2. The zero-order chi connectivity index (χ0) is 17.5. The molecule has 2 rings (SSSR count). The molecule has 6 nitrogen and oxygen atoms in total. The highest BCUT2D eigenvalue weighted by molar-refractivity contribution is 8.02. The number of halogens is 1. The molecule has 0 bridgehead atoms. The van der Waals surface area contributed by atoms with Gasteiger partial charge < -0.3 is 15.4 Å². The van der Waals surface area contributed by atoms with Gasteiger partial charge in [-0.25, -0.2) is 0 Å². The second-order valence-corrected chi connectivity index (χ2v) is 7.90. The van der Waals surface area contributed by atoms with Crippen molar-refractivity contribution in [3.8, 4) is 5.75 Å². The Morgan fingerprint density at radius 3 is 2.96 bits per heavy atom. The van der Waals surface area contributed by atoms with Gasteiger partial charge in [-0.1, -0.05) is 41.6 Å². The molecule has 24 heavy (non-hydrogen) atoms. The van der Waals surface area contributed by atoms with Crippen LogP contribution in [0, 0.1) is 0 Å². The average Bonchev–Trinajstić information content (AvgIpc) is 3.00. The fourth-order valence-electron chi connectivity index (χ4n) is 1.78. The predicted molar refractivity (Wildman–Crippen MR) is 101 cm³/mol. The Bertz CT molecular complexity index is 696. The molecule has 0 saturated carbocycles. The van der Waals surface area contributed by atoms with Gasteiger partial charge in [0.15, 0.2) is 4.34 Å². The van der Waals surface area contributed by atoms with E-state index in [9.17, 15) is 4.79 Å². The van der Waals surface area contributed by atoms with E-state index in [1.165, 1.54) is 23.1 Å². The number of benzene rings is 1. The Morgan fingerprint density at radius 2 is 2.25 bits per heavy atom. The molecule has 0 aliphatic carbocycles. The van der Waals surface area contributed by atoms with E-state index in [0.717, 1.165) is 22.4 Å². The van der Waals surface area contributed by atoms with Crippen molar-refractivity contribution in [3.05, 3.63) is 23.2 Å². The minimum absolute atomic E-state index is 0.154. The Morgan fingerprint density at radius 1 is 1.46 bits per heavy atom. The van der Waals surface area contributed by atoms with Crippen LogP contribution in [0.5, 0.6) is 5.75 Å². The molecule has 0 aliphatic rings. The lowest BCUT2D eigenvalue weighted by molar-refractivity contribution is -0.115. The van der Waals surface area contributed by atoms with Crippen LogP contribution in [0.15, 0.2) is 22.5 Å². The molecule has 0 radical (unpaired) electrons. The lowest BCUT2D eigenvalue weighted by atomic mass is 10.3. The predicted octanol–water partition coefficient (Wildman–Crippen LogP) is 4.14. The molecular formula is C15H19ClN4O2S2. The zero-order valence-corrected chi connectivity index (χ0v) is 16.0. The lowest BCUT2D eigenvalue weighted by Crippen LogP contribution is -2.22. The first-order chi connectivity index (χ1) is 11.5. The van der Waals surface area contributed by atoms with Crippen LogP contribution >= 0.6 is 34.7 Å². The lowest BCUT2D eigenvalue weighted by Gasteiger charge is -2.13. The average molecular weight is 387 g/mol. The highest BCUT2D eigenvalue weighted by Crippen LogP contribution is 2.31. The van der Waals surface area contributed by atoms with Crippen LogP contribution in [0.2, 0.25) is 5.02 Å². The van der Waals surface area contributed by atoms with Crippen molar-refractivity contribution in [3.63, 3.8) is 0 Å². The molecule has 130 valence electrons. The summed E-state index contributed by atoms with van der Waals surface area (Å²) in [6.45, 7) is 4.75. The Kier molecular flexibility index (Phi) is 7.14. The summed E-state index contributed by atoms with van der Waals surface area (Å²) in [5.41, 5.74) is 0.546. The summed E-state index contributed by atoms with van der Waals surface area (Å²) in [4.78, 5) is 12.4. The fourth-order valence-corrected chi connectivity index (χ4v) is 3.87. The number of nitrogens with one attached hydrogen (secondary N) is 2. The number of hydrogen-bond acceptors (Lipinski definition) is 7. The standard InChI is InChI=1S/C15H19ClN4O2S2/c1-4-7-17-14-19-20-15(24-14)23-9(2)13(21)18-11-8-10(16)5-6-12(11)22-3/h5-6,8-9H,4,7H2,1-3H3,(H,17,19)(H,18,21). The number of carbonyl (C=O) groups excluding carboxylic acids is 1. The normalized spacial score (nSPS) is 11.8. The number of amides is 1. The van der Waals surface area contributed by atoms with Crippen LogP contribution in [0.4, 0.5) is 10.8 Å². The third-order valence-electron chi connectivity index (χ3n) is 3.00. The molecule has 0 fully saturated rings. The van der Waals surface area contributed by atoms with Gasteiger partial charge in [-0.2, -0.15) is 0 Å². The molecule has 1 heterocycles. The highest BCUT2D eigenvalue weighted by Gasteiger charge is 2.18. The van der Waals surface area contributed by atoms with Crippen molar-refractivity contribution in [2.45, 2.75) is 29.9 Å². The van der Waals surface area contributed by atoms with Crippen molar-refractivity contribution in [1.82, 2.24) is 10.2 Å². The van der Waals surface area contributed by atoms with Crippen LogP contribution in [0.3, 0.4) is 0 Å². The third kappa shape index (κ3) is 5.25. The Hall–Kier alpha value is -1.51. The SMILES string of the molecule is CCCNc1nnc(SC(C)C(=O)Nc2cc(Cl)ccc2OC)s1. The highest BCUT2D eigenvalue weighted by atomic mass is 35.5. The number of methoxy groups -OCH3 is 1. The number of carbonyl (C=O) groups is 1. The van der Waals surface area contributed by atoms with E-state index < -0.39 is 0 Å². The van der Waals surface area contributed by atoms with Crippen molar-refractivity contribution < 1.29 is 9.53 Å². The fraction of sp³-hybridized carbons (Fsp3) is 0.400. The molecule has 1 atom stereocenters. The van der Waals surface area contributed by atoms with E-state index in [1.54, 1.807) is 25.3 Å². The summed E-state index contributed by atoms with van der Waals surface area (Å²) in [6.07, 6.45) is 1.02. The number of rotatable bonds is 8. The monoisotopic (exact) mass is 386 g/mol. The molecule has 0 aliphatic heterocycles. The van der Waals surface area contributed by atoms with Crippen LogP contribution in [0.1, 0.15) is 20.3 Å². The van der Waals surface area contributed by atoms with Gasteiger partial charge in [0.1, 0.15) is 5.75 Å². The molecule has 1 aromatic carbocycles. The maximum Gasteiger partial charge on any atom is 0.237 e. The summed E-state index contributed by atoms with van der Waals surface area (Å²) in [6, 6.07) is 5.08. The molecule has 2 N–H and O–H groups in total. The molecule has 1 unspecified atom stereocenters. The van der Waals surface area contributed by atoms with E-state index >= 15 is 0 Å². The van der Waals surface area contributed by atoms with E-state index in [2.05, 4.69) is 27.8 Å². The van der Waals surface area contributed by atoms with Crippen LogP contribution in [-0.2, 0) is 4.79 Å². The molecular weight excluding hydrogens is 368 g/mol.